The van der Waals surface area contributed by atoms with Crippen molar-refractivity contribution in [2.75, 3.05) is 18.5 Å². The zero-order valence-electron chi connectivity index (χ0n) is 12.1. The van der Waals surface area contributed by atoms with Crippen molar-refractivity contribution in [1.29, 1.82) is 0 Å². The van der Waals surface area contributed by atoms with Crippen LogP contribution in [0.3, 0.4) is 0 Å². The van der Waals surface area contributed by atoms with Gasteiger partial charge < -0.3 is 9.47 Å². The van der Waals surface area contributed by atoms with Crippen LogP contribution in [-0.2, 0) is 16.0 Å². The molecule has 112 valence electrons. The summed E-state index contributed by atoms with van der Waals surface area (Å²) in [4.78, 5) is 11.5. The molecule has 0 fully saturated rings. The van der Waals surface area contributed by atoms with Gasteiger partial charge in [-0.25, -0.2) is 0 Å². The van der Waals surface area contributed by atoms with E-state index in [1.54, 1.807) is 0 Å². The Hall–Kier alpha value is -1.03. The van der Waals surface area contributed by atoms with Crippen molar-refractivity contribution in [1.82, 2.24) is 0 Å². The highest BCUT2D eigenvalue weighted by Gasteiger charge is 2.09. The second kappa shape index (κ2) is 10.7. The molecule has 0 spiro atoms. The van der Waals surface area contributed by atoms with Gasteiger partial charge in [-0.3, -0.25) is 4.79 Å². The van der Waals surface area contributed by atoms with E-state index in [4.69, 9.17) is 9.47 Å². The molecular formula is C16H23BrO3. The summed E-state index contributed by atoms with van der Waals surface area (Å²) in [6, 6.07) is 7.66. The lowest BCUT2D eigenvalue weighted by Gasteiger charge is -2.11. The molecule has 3 nitrogen and oxygen atoms in total. The molecule has 4 heteroatoms. The molecule has 0 atom stereocenters. The van der Waals surface area contributed by atoms with Crippen LogP contribution >= 0.6 is 15.9 Å². The molecular weight excluding hydrogens is 320 g/mol. The standard InChI is InChI=1S/C16H23BrO3/c1-2-19-16(18)13-14-9-5-6-10-15(14)20-12-8-4-3-7-11-17/h5-6,9-10H,2-4,7-8,11-13H2,1H3. The number of carbonyl (C=O) groups excluding carboxylic acids is 1. The molecule has 0 saturated heterocycles. The van der Waals surface area contributed by atoms with Crippen LogP contribution in [0, 0.1) is 0 Å². The predicted octanol–water partition coefficient (Wildman–Crippen LogP) is 4.13. The van der Waals surface area contributed by atoms with E-state index in [0.29, 0.717) is 13.2 Å². The van der Waals surface area contributed by atoms with Crippen LogP contribution in [-0.4, -0.2) is 24.5 Å². The summed E-state index contributed by atoms with van der Waals surface area (Å²) in [5, 5.41) is 1.07. The molecule has 0 heterocycles. The number of alkyl halides is 1. The molecule has 1 aromatic carbocycles. The maximum atomic E-state index is 11.5. The zero-order valence-corrected chi connectivity index (χ0v) is 13.7. The highest BCUT2D eigenvalue weighted by molar-refractivity contribution is 9.09. The number of unbranched alkanes of at least 4 members (excludes halogenated alkanes) is 3. The largest absolute Gasteiger partial charge is 0.493 e. The molecule has 1 aromatic rings. The minimum atomic E-state index is -0.208. The third-order valence-corrected chi connectivity index (χ3v) is 3.46. The number of halogens is 1. The van der Waals surface area contributed by atoms with E-state index in [2.05, 4.69) is 15.9 Å². The SMILES string of the molecule is CCOC(=O)Cc1ccccc1OCCCCCCBr. The number of benzene rings is 1. The van der Waals surface area contributed by atoms with Gasteiger partial charge in [0.1, 0.15) is 5.75 Å². The fourth-order valence-electron chi connectivity index (χ4n) is 1.89. The van der Waals surface area contributed by atoms with Gasteiger partial charge in [0, 0.05) is 10.9 Å². The molecule has 0 saturated carbocycles. The second-order valence-electron chi connectivity index (χ2n) is 4.54. The van der Waals surface area contributed by atoms with Crippen LogP contribution < -0.4 is 4.74 Å². The number of esters is 1. The van der Waals surface area contributed by atoms with Crippen molar-refractivity contribution in [2.24, 2.45) is 0 Å². The first-order chi connectivity index (χ1) is 9.77. The van der Waals surface area contributed by atoms with Crippen LogP contribution in [0.2, 0.25) is 0 Å². The summed E-state index contributed by atoms with van der Waals surface area (Å²) in [6.07, 6.45) is 4.92. The number of para-hydroxylation sites is 1. The Morgan fingerprint density at radius 3 is 2.65 bits per heavy atom. The van der Waals surface area contributed by atoms with Gasteiger partial charge in [0.25, 0.3) is 0 Å². The Morgan fingerprint density at radius 1 is 1.15 bits per heavy atom. The number of hydrogen-bond acceptors (Lipinski definition) is 3. The Morgan fingerprint density at radius 2 is 1.90 bits per heavy atom. The van der Waals surface area contributed by atoms with Gasteiger partial charge in [-0.1, -0.05) is 47.0 Å². The third kappa shape index (κ3) is 6.94. The molecule has 0 amide bonds. The Bertz CT molecular complexity index is 393. The fraction of sp³-hybridized carbons (Fsp3) is 0.562. The van der Waals surface area contributed by atoms with Crippen molar-refractivity contribution >= 4 is 21.9 Å². The van der Waals surface area contributed by atoms with Crippen molar-refractivity contribution < 1.29 is 14.3 Å². The van der Waals surface area contributed by atoms with Crippen molar-refractivity contribution in [3.63, 3.8) is 0 Å². The van der Waals surface area contributed by atoms with Crippen molar-refractivity contribution in [3.05, 3.63) is 29.8 Å². The minimum absolute atomic E-state index is 0.208. The van der Waals surface area contributed by atoms with Gasteiger partial charge in [0.15, 0.2) is 0 Å². The molecule has 0 bridgehead atoms. The maximum Gasteiger partial charge on any atom is 0.310 e. The van der Waals surface area contributed by atoms with Crippen LogP contribution in [0.5, 0.6) is 5.75 Å². The quantitative estimate of drug-likeness (QED) is 0.364. The monoisotopic (exact) mass is 342 g/mol. The number of hydrogen-bond donors (Lipinski definition) is 0. The van der Waals surface area contributed by atoms with Gasteiger partial charge in [-0.2, -0.15) is 0 Å². The number of ether oxygens (including phenoxy) is 2. The number of carbonyl (C=O) groups is 1. The van der Waals surface area contributed by atoms with E-state index in [1.165, 1.54) is 19.3 Å². The van der Waals surface area contributed by atoms with Gasteiger partial charge in [0.05, 0.1) is 19.6 Å². The van der Waals surface area contributed by atoms with E-state index in [9.17, 15) is 4.79 Å². The molecule has 0 aromatic heterocycles. The minimum Gasteiger partial charge on any atom is -0.493 e. The zero-order chi connectivity index (χ0) is 14.6. The summed E-state index contributed by atoms with van der Waals surface area (Å²) in [5.41, 5.74) is 0.895. The topological polar surface area (TPSA) is 35.5 Å². The van der Waals surface area contributed by atoms with Gasteiger partial charge >= 0.3 is 5.97 Å². The van der Waals surface area contributed by atoms with E-state index in [1.807, 2.05) is 31.2 Å². The molecule has 1 rings (SSSR count). The average Bonchev–Trinajstić information content (AvgIpc) is 2.44. The summed E-state index contributed by atoms with van der Waals surface area (Å²) in [5.74, 6) is 0.585. The van der Waals surface area contributed by atoms with Crippen LogP contribution in [0.15, 0.2) is 24.3 Å². The lowest BCUT2D eigenvalue weighted by atomic mass is 10.1. The van der Waals surface area contributed by atoms with E-state index >= 15 is 0 Å². The van der Waals surface area contributed by atoms with Gasteiger partial charge in [-0.15, -0.1) is 0 Å². The second-order valence-corrected chi connectivity index (χ2v) is 5.33. The van der Waals surface area contributed by atoms with E-state index in [-0.39, 0.29) is 12.4 Å². The van der Waals surface area contributed by atoms with Gasteiger partial charge in [-0.05, 0) is 25.8 Å². The van der Waals surface area contributed by atoms with Crippen molar-refractivity contribution in [2.45, 2.75) is 39.0 Å². The molecule has 0 radical (unpaired) electrons. The Balaban J connectivity index is 2.39. The molecule has 0 aliphatic rings. The highest BCUT2D eigenvalue weighted by Crippen LogP contribution is 2.19. The Kier molecular flexibility index (Phi) is 9.13. The smallest absolute Gasteiger partial charge is 0.310 e. The predicted molar refractivity (Wildman–Crippen MR) is 84.5 cm³/mol. The Labute approximate surface area is 129 Å². The summed E-state index contributed by atoms with van der Waals surface area (Å²) >= 11 is 3.43. The average molecular weight is 343 g/mol. The van der Waals surface area contributed by atoms with E-state index in [0.717, 1.165) is 23.1 Å². The molecule has 0 N–H and O–H groups in total. The first kappa shape index (κ1) is 17.0. The maximum absolute atomic E-state index is 11.5. The van der Waals surface area contributed by atoms with Gasteiger partial charge in [0.2, 0.25) is 0 Å². The summed E-state index contributed by atoms with van der Waals surface area (Å²) in [6.45, 7) is 2.92. The third-order valence-electron chi connectivity index (χ3n) is 2.90. The molecule has 0 aliphatic heterocycles. The normalized spacial score (nSPS) is 10.3. The molecule has 0 aliphatic carbocycles. The summed E-state index contributed by atoms with van der Waals surface area (Å²) < 4.78 is 10.7. The van der Waals surface area contributed by atoms with Crippen LogP contribution in [0.4, 0.5) is 0 Å². The molecule has 0 unspecified atom stereocenters. The van der Waals surface area contributed by atoms with Crippen molar-refractivity contribution in [3.8, 4) is 5.75 Å². The first-order valence-electron chi connectivity index (χ1n) is 7.20. The summed E-state index contributed by atoms with van der Waals surface area (Å²) in [7, 11) is 0. The highest BCUT2D eigenvalue weighted by atomic mass is 79.9. The lowest BCUT2D eigenvalue weighted by molar-refractivity contribution is -0.142. The molecule has 20 heavy (non-hydrogen) atoms. The first-order valence-corrected chi connectivity index (χ1v) is 8.32. The van der Waals surface area contributed by atoms with E-state index < -0.39 is 0 Å². The van der Waals surface area contributed by atoms with Crippen LogP contribution in [0.25, 0.3) is 0 Å². The van der Waals surface area contributed by atoms with Crippen LogP contribution in [0.1, 0.15) is 38.2 Å². The lowest BCUT2D eigenvalue weighted by Crippen LogP contribution is -2.09. The fourth-order valence-corrected chi connectivity index (χ4v) is 2.29. The number of rotatable bonds is 10.